The summed E-state index contributed by atoms with van der Waals surface area (Å²) in [6.07, 6.45) is 3.34. The molecular weight excluding hydrogens is 422 g/mol. The summed E-state index contributed by atoms with van der Waals surface area (Å²) < 4.78 is 8.38. The summed E-state index contributed by atoms with van der Waals surface area (Å²) in [5.74, 6) is 0.567. The Balaban J connectivity index is 1.71. The largest absolute Gasteiger partial charge is 0.372 e. The van der Waals surface area contributed by atoms with E-state index in [9.17, 15) is 10.1 Å². The van der Waals surface area contributed by atoms with Gasteiger partial charge in [0.2, 0.25) is 0 Å². The van der Waals surface area contributed by atoms with E-state index in [4.69, 9.17) is 9.72 Å². The van der Waals surface area contributed by atoms with Gasteiger partial charge in [0.1, 0.15) is 22.5 Å². The fourth-order valence-electron chi connectivity index (χ4n) is 4.08. The van der Waals surface area contributed by atoms with E-state index >= 15 is 0 Å². The number of fused-ring (bicyclic) bond motifs is 2. The Morgan fingerprint density at radius 3 is 2.66 bits per heavy atom. The van der Waals surface area contributed by atoms with Gasteiger partial charge in [0.05, 0.1) is 33.6 Å². The van der Waals surface area contributed by atoms with Crippen LogP contribution in [-0.4, -0.2) is 39.7 Å². The van der Waals surface area contributed by atoms with E-state index in [1.807, 2.05) is 50.2 Å². The highest BCUT2D eigenvalue weighted by Crippen LogP contribution is 2.30. The highest BCUT2D eigenvalue weighted by Gasteiger charge is 2.26. The van der Waals surface area contributed by atoms with E-state index in [-0.39, 0.29) is 17.8 Å². The molecule has 0 bridgehead atoms. The van der Waals surface area contributed by atoms with E-state index in [0.29, 0.717) is 40.7 Å². The Kier molecular flexibility index (Phi) is 5.21. The fraction of sp³-hybridized carbons (Fsp3) is 0.250. The maximum atomic E-state index is 13.5. The van der Waals surface area contributed by atoms with Crippen LogP contribution in [0.1, 0.15) is 24.4 Å². The van der Waals surface area contributed by atoms with Crippen LogP contribution in [0.5, 0.6) is 0 Å². The molecule has 3 aromatic heterocycles. The first-order valence-electron chi connectivity index (χ1n) is 10.4. The number of ether oxygens (including phenoxy) is 1. The van der Waals surface area contributed by atoms with E-state index in [0.717, 1.165) is 10.2 Å². The predicted octanol–water partition coefficient (Wildman–Crippen LogP) is 3.98. The van der Waals surface area contributed by atoms with Crippen LogP contribution in [0.4, 0.5) is 5.82 Å². The van der Waals surface area contributed by atoms with Gasteiger partial charge in [-0.25, -0.2) is 9.97 Å². The molecule has 0 amide bonds. The molecule has 4 aromatic rings. The van der Waals surface area contributed by atoms with Crippen molar-refractivity contribution >= 4 is 44.7 Å². The van der Waals surface area contributed by atoms with Crippen molar-refractivity contribution in [2.75, 3.05) is 18.0 Å². The summed E-state index contributed by atoms with van der Waals surface area (Å²) in [6, 6.07) is 15.4. The molecule has 8 heteroatoms. The number of allylic oxidation sites excluding steroid dienone is 1. The second-order valence-corrected chi connectivity index (χ2v) is 8.93. The van der Waals surface area contributed by atoms with Gasteiger partial charge in [0.15, 0.2) is 0 Å². The molecule has 160 valence electrons. The summed E-state index contributed by atoms with van der Waals surface area (Å²) in [5.41, 5.74) is 1.90. The van der Waals surface area contributed by atoms with E-state index in [1.165, 1.54) is 15.7 Å². The smallest absolute Gasteiger partial charge is 0.267 e. The standard InChI is InChI=1S/C24H21N5O2S/c1-15-13-28(14-16(2)31-15)22-18(24(30)29-10-6-5-9-21(29)27-22)11-17(12-25)23-26-19-7-3-4-8-20(19)32-23/h3-11,15-16H,13-14H2,1-2H3/b17-11+. The Bertz CT molecular complexity index is 1410. The molecule has 4 heterocycles. The molecule has 2 unspecified atom stereocenters. The maximum absolute atomic E-state index is 13.5. The molecule has 0 N–H and O–H groups in total. The first kappa shape index (κ1) is 20.4. The molecule has 0 spiro atoms. The fourth-order valence-corrected chi connectivity index (χ4v) is 5.01. The zero-order valence-corrected chi connectivity index (χ0v) is 18.5. The molecule has 0 radical (unpaired) electrons. The highest BCUT2D eigenvalue weighted by molar-refractivity contribution is 7.19. The monoisotopic (exact) mass is 443 g/mol. The van der Waals surface area contributed by atoms with Crippen LogP contribution in [0.2, 0.25) is 0 Å². The lowest BCUT2D eigenvalue weighted by molar-refractivity contribution is -0.00546. The van der Waals surface area contributed by atoms with Crippen molar-refractivity contribution in [2.45, 2.75) is 26.1 Å². The molecule has 1 fully saturated rings. The molecule has 1 aliphatic rings. The summed E-state index contributed by atoms with van der Waals surface area (Å²) in [5, 5.41) is 10.5. The van der Waals surface area contributed by atoms with Crippen molar-refractivity contribution in [2.24, 2.45) is 0 Å². The van der Waals surface area contributed by atoms with Gasteiger partial charge in [-0.3, -0.25) is 9.20 Å². The maximum Gasteiger partial charge on any atom is 0.267 e. The predicted molar refractivity (Wildman–Crippen MR) is 127 cm³/mol. The number of benzene rings is 1. The van der Waals surface area contributed by atoms with E-state index in [2.05, 4.69) is 16.0 Å². The van der Waals surface area contributed by atoms with Gasteiger partial charge in [0, 0.05) is 19.3 Å². The molecule has 0 saturated carbocycles. The Labute approximate surface area is 188 Å². The SMILES string of the molecule is CC1CN(c2nc3ccccn3c(=O)c2/C=C(\C#N)c2nc3ccccc3s2)CC(C)O1. The first-order valence-corrected chi connectivity index (χ1v) is 11.2. The number of rotatable bonds is 3. The van der Waals surface area contributed by atoms with E-state index in [1.54, 1.807) is 18.3 Å². The average Bonchev–Trinajstić information content (AvgIpc) is 3.22. The molecule has 1 aromatic carbocycles. The minimum Gasteiger partial charge on any atom is -0.372 e. The third-order valence-corrected chi connectivity index (χ3v) is 6.47. The summed E-state index contributed by atoms with van der Waals surface area (Å²) in [7, 11) is 0. The van der Waals surface area contributed by atoms with Crippen LogP contribution in [-0.2, 0) is 4.74 Å². The summed E-state index contributed by atoms with van der Waals surface area (Å²) in [6.45, 7) is 5.25. The van der Waals surface area contributed by atoms with Gasteiger partial charge >= 0.3 is 0 Å². The van der Waals surface area contributed by atoms with Crippen molar-refractivity contribution < 1.29 is 4.74 Å². The Hall–Kier alpha value is -3.54. The van der Waals surface area contributed by atoms with Crippen LogP contribution in [0.15, 0.2) is 53.5 Å². The number of aromatic nitrogens is 3. The number of nitriles is 1. The summed E-state index contributed by atoms with van der Waals surface area (Å²) in [4.78, 5) is 25.0. The number of anilines is 1. The lowest BCUT2D eigenvalue weighted by Gasteiger charge is -2.36. The van der Waals surface area contributed by atoms with Crippen LogP contribution in [0.25, 0.3) is 27.5 Å². The number of morpholine rings is 1. The van der Waals surface area contributed by atoms with Crippen molar-refractivity contribution in [1.29, 1.82) is 5.26 Å². The molecule has 2 atom stereocenters. The highest BCUT2D eigenvalue weighted by atomic mass is 32.1. The molecule has 0 aliphatic carbocycles. The van der Waals surface area contributed by atoms with Crippen molar-refractivity contribution in [3.63, 3.8) is 0 Å². The number of para-hydroxylation sites is 1. The molecule has 1 saturated heterocycles. The Morgan fingerprint density at radius 1 is 1.16 bits per heavy atom. The number of thiazole rings is 1. The normalized spacial score (nSPS) is 19.4. The molecule has 5 rings (SSSR count). The molecule has 1 aliphatic heterocycles. The van der Waals surface area contributed by atoms with Gasteiger partial charge in [0.25, 0.3) is 5.56 Å². The Morgan fingerprint density at radius 2 is 1.91 bits per heavy atom. The van der Waals surface area contributed by atoms with Crippen molar-refractivity contribution in [1.82, 2.24) is 14.4 Å². The minimum atomic E-state index is -0.216. The van der Waals surface area contributed by atoms with Gasteiger partial charge in [-0.05, 0) is 44.2 Å². The zero-order valence-electron chi connectivity index (χ0n) is 17.7. The lowest BCUT2D eigenvalue weighted by atomic mass is 10.1. The number of hydrogen-bond donors (Lipinski definition) is 0. The molecule has 32 heavy (non-hydrogen) atoms. The molecular formula is C24H21N5O2S. The second kappa shape index (κ2) is 8.19. The third kappa shape index (κ3) is 3.66. The van der Waals surface area contributed by atoms with Crippen LogP contribution in [0.3, 0.4) is 0 Å². The quantitative estimate of drug-likeness (QED) is 0.446. The third-order valence-electron chi connectivity index (χ3n) is 5.40. The van der Waals surface area contributed by atoms with Crippen LogP contribution >= 0.6 is 11.3 Å². The van der Waals surface area contributed by atoms with Crippen molar-refractivity contribution in [3.8, 4) is 6.07 Å². The molecule has 7 nitrogen and oxygen atoms in total. The van der Waals surface area contributed by atoms with E-state index < -0.39 is 0 Å². The van der Waals surface area contributed by atoms with Gasteiger partial charge in [-0.2, -0.15) is 5.26 Å². The first-order chi connectivity index (χ1) is 15.5. The zero-order chi connectivity index (χ0) is 22.2. The number of hydrogen-bond acceptors (Lipinski definition) is 7. The van der Waals surface area contributed by atoms with Gasteiger partial charge < -0.3 is 9.64 Å². The number of pyridine rings is 1. The topological polar surface area (TPSA) is 83.5 Å². The van der Waals surface area contributed by atoms with Crippen molar-refractivity contribution in [3.05, 3.63) is 69.6 Å². The van der Waals surface area contributed by atoms with Crippen LogP contribution in [0, 0.1) is 11.3 Å². The van der Waals surface area contributed by atoms with Crippen LogP contribution < -0.4 is 10.5 Å². The van der Waals surface area contributed by atoms with Gasteiger partial charge in [-0.15, -0.1) is 11.3 Å². The number of nitrogens with zero attached hydrogens (tertiary/aromatic N) is 5. The minimum absolute atomic E-state index is 0.00584. The lowest BCUT2D eigenvalue weighted by Crippen LogP contribution is -2.46. The average molecular weight is 444 g/mol. The van der Waals surface area contributed by atoms with Gasteiger partial charge in [-0.1, -0.05) is 18.2 Å². The second-order valence-electron chi connectivity index (χ2n) is 7.90. The summed E-state index contributed by atoms with van der Waals surface area (Å²) >= 11 is 1.44.